The van der Waals surface area contributed by atoms with Gasteiger partial charge >= 0.3 is 0 Å². The minimum absolute atomic E-state index is 0.257. The second-order valence-corrected chi connectivity index (χ2v) is 8.92. The van der Waals surface area contributed by atoms with E-state index in [1.165, 1.54) is 0 Å². The average Bonchev–Trinajstić information content (AvgIpc) is 2.54. The Balaban J connectivity index is 1.91. The Hall–Kier alpha value is -1.41. The Labute approximate surface area is 145 Å². The molecule has 0 aromatic heterocycles. The van der Waals surface area contributed by atoms with Crippen molar-refractivity contribution in [3.63, 3.8) is 0 Å². The zero-order chi connectivity index (χ0) is 16.4. The highest BCUT2D eigenvalue weighted by Gasteiger charge is 2.24. The smallest absolute Gasteiger partial charge is 0.229 e. The molecule has 0 saturated carbocycles. The highest BCUT2D eigenvalue weighted by Crippen LogP contribution is 2.47. The van der Waals surface area contributed by atoms with Gasteiger partial charge in [-0.1, -0.05) is 64.5 Å². The Kier molecular flexibility index (Phi) is 4.72. The molecule has 0 radical (unpaired) electrons. The summed E-state index contributed by atoms with van der Waals surface area (Å²) in [6.07, 6.45) is -0.257. The number of benzene rings is 3. The third-order valence-electron chi connectivity index (χ3n) is 3.90. The topological polar surface area (TPSA) is 26.3 Å². The van der Waals surface area contributed by atoms with Crippen LogP contribution in [-0.4, -0.2) is 6.66 Å². The lowest BCUT2D eigenvalue weighted by Gasteiger charge is -2.21. The maximum atomic E-state index is 13.1. The Morgan fingerprint density at radius 1 is 0.957 bits per heavy atom. The van der Waals surface area contributed by atoms with Crippen molar-refractivity contribution in [3.8, 4) is 0 Å². The predicted molar refractivity (Wildman–Crippen MR) is 101 cm³/mol. The molecule has 4 heteroatoms. The van der Waals surface area contributed by atoms with Gasteiger partial charge in [-0.2, -0.15) is 0 Å². The monoisotopic (exact) mass is 388 g/mol. The first-order valence-corrected chi connectivity index (χ1v) is 10.3. The van der Waals surface area contributed by atoms with Crippen LogP contribution in [0.25, 0.3) is 10.8 Å². The molecule has 2 nitrogen and oxygen atoms in total. The van der Waals surface area contributed by atoms with Crippen LogP contribution >= 0.6 is 23.3 Å². The molecule has 0 saturated heterocycles. The maximum Gasteiger partial charge on any atom is 0.229 e. The normalized spacial score (nSPS) is 15.3. The molecule has 0 N–H and O–H groups in total. The highest BCUT2D eigenvalue weighted by atomic mass is 79.9. The van der Waals surface area contributed by atoms with Gasteiger partial charge in [0.15, 0.2) is 0 Å². The third-order valence-corrected chi connectivity index (χ3v) is 6.56. The van der Waals surface area contributed by atoms with Crippen molar-refractivity contribution in [3.05, 3.63) is 76.8 Å². The highest BCUT2D eigenvalue weighted by molar-refractivity contribution is 9.10. The first-order valence-electron chi connectivity index (χ1n) is 7.47. The van der Waals surface area contributed by atoms with Crippen molar-refractivity contribution in [2.24, 2.45) is 0 Å². The molecular formula is C19H18BrO2P. The summed E-state index contributed by atoms with van der Waals surface area (Å²) >= 11 is 3.52. The van der Waals surface area contributed by atoms with E-state index in [-0.39, 0.29) is 6.10 Å². The summed E-state index contributed by atoms with van der Waals surface area (Å²) in [5, 5.41) is 2.95. The summed E-state index contributed by atoms with van der Waals surface area (Å²) in [5.74, 6) is 0. The van der Waals surface area contributed by atoms with Crippen LogP contribution in [0.1, 0.15) is 18.6 Å². The number of hydrogen-bond acceptors (Lipinski definition) is 2. The summed E-state index contributed by atoms with van der Waals surface area (Å²) in [4.78, 5) is 0. The summed E-state index contributed by atoms with van der Waals surface area (Å²) in [5.41, 5.74) is 0.996. The Morgan fingerprint density at radius 3 is 2.35 bits per heavy atom. The van der Waals surface area contributed by atoms with Gasteiger partial charge in [0.05, 0.1) is 6.10 Å². The van der Waals surface area contributed by atoms with Gasteiger partial charge in [-0.15, -0.1) is 0 Å². The number of hydrogen-bond donors (Lipinski definition) is 0. The van der Waals surface area contributed by atoms with E-state index in [0.717, 1.165) is 26.1 Å². The molecule has 0 aliphatic heterocycles. The van der Waals surface area contributed by atoms with Crippen LogP contribution in [-0.2, 0) is 9.09 Å². The van der Waals surface area contributed by atoms with E-state index in [4.69, 9.17) is 4.52 Å². The van der Waals surface area contributed by atoms with Gasteiger partial charge in [0.2, 0.25) is 7.37 Å². The Morgan fingerprint density at radius 2 is 1.61 bits per heavy atom. The number of halogens is 1. The van der Waals surface area contributed by atoms with Gasteiger partial charge in [0.25, 0.3) is 0 Å². The van der Waals surface area contributed by atoms with E-state index in [9.17, 15) is 4.57 Å². The molecule has 0 aliphatic rings. The average molecular weight is 389 g/mol. The summed E-state index contributed by atoms with van der Waals surface area (Å²) in [7, 11) is -2.91. The predicted octanol–water partition coefficient (Wildman–Crippen LogP) is 5.91. The molecule has 0 spiro atoms. The lowest BCUT2D eigenvalue weighted by Crippen LogP contribution is -2.09. The van der Waals surface area contributed by atoms with Gasteiger partial charge < -0.3 is 4.52 Å². The van der Waals surface area contributed by atoms with E-state index >= 15 is 0 Å². The quantitative estimate of drug-likeness (QED) is 0.519. The van der Waals surface area contributed by atoms with E-state index < -0.39 is 7.37 Å². The van der Waals surface area contributed by atoms with Crippen LogP contribution in [0, 0.1) is 0 Å². The van der Waals surface area contributed by atoms with Crippen LogP contribution in [0.3, 0.4) is 0 Å². The fraction of sp³-hybridized carbons (Fsp3) is 0.158. The van der Waals surface area contributed by atoms with Gasteiger partial charge in [-0.25, -0.2) is 0 Å². The molecule has 3 aromatic rings. The first kappa shape index (κ1) is 16.4. The molecule has 0 amide bonds. The van der Waals surface area contributed by atoms with Crippen molar-refractivity contribution in [2.75, 3.05) is 6.66 Å². The van der Waals surface area contributed by atoms with E-state index in [1.54, 1.807) is 6.66 Å². The van der Waals surface area contributed by atoms with Gasteiger partial charge in [0.1, 0.15) is 0 Å². The molecule has 0 fully saturated rings. The molecule has 118 valence electrons. The number of fused-ring (bicyclic) bond motifs is 1. The van der Waals surface area contributed by atoms with Crippen LogP contribution < -0.4 is 5.30 Å². The van der Waals surface area contributed by atoms with Crippen LogP contribution in [0.4, 0.5) is 0 Å². The van der Waals surface area contributed by atoms with E-state index in [0.29, 0.717) is 0 Å². The molecule has 2 atom stereocenters. The molecule has 0 heterocycles. The van der Waals surface area contributed by atoms with Crippen molar-refractivity contribution >= 4 is 39.4 Å². The molecule has 3 aromatic carbocycles. The lowest BCUT2D eigenvalue weighted by atomic mass is 10.1. The Bertz CT molecular complexity index is 891. The second kappa shape index (κ2) is 6.60. The van der Waals surface area contributed by atoms with Crippen LogP contribution in [0.15, 0.2) is 71.2 Å². The van der Waals surface area contributed by atoms with E-state index in [2.05, 4.69) is 15.9 Å². The largest absolute Gasteiger partial charge is 0.318 e. The van der Waals surface area contributed by atoms with Gasteiger partial charge in [-0.3, -0.25) is 4.57 Å². The minimum Gasteiger partial charge on any atom is -0.318 e. The first-order chi connectivity index (χ1) is 11.0. The molecule has 0 unspecified atom stereocenters. The molecule has 0 aliphatic carbocycles. The molecule has 0 bridgehead atoms. The molecular weight excluding hydrogens is 371 g/mol. The van der Waals surface area contributed by atoms with Gasteiger partial charge in [-0.05, 0) is 41.5 Å². The van der Waals surface area contributed by atoms with Crippen LogP contribution in [0.5, 0.6) is 0 Å². The zero-order valence-electron chi connectivity index (χ0n) is 13.1. The van der Waals surface area contributed by atoms with Crippen molar-refractivity contribution in [1.29, 1.82) is 0 Å². The van der Waals surface area contributed by atoms with Crippen molar-refractivity contribution in [1.82, 2.24) is 0 Å². The molecule has 3 rings (SSSR count). The SMILES string of the molecule is C[C@H](O[P@](C)(=O)c1ccc2ccccc2c1)c1ccccc1Br. The second-order valence-electron chi connectivity index (χ2n) is 5.65. The number of rotatable bonds is 4. The summed E-state index contributed by atoms with van der Waals surface area (Å²) in [6.45, 7) is 3.61. The fourth-order valence-electron chi connectivity index (χ4n) is 2.65. The fourth-order valence-corrected chi connectivity index (χ4v) is 4.82. The summed E-state index contributed by atoms with van der Waals surface area (Å²) < 4.78 is 20.0. The minimum atomic E-state index is -2.91. The molecule has 23 heavy (non-hydrogen) atoms. The van der Waals surface area contributed by atoms with Gasteiger partial charge in [0, 0.05) is 16.4 Å². The lowest BCUT2D eigenvalue weighted by molar-refractivity contribution is 0.235. The standard InChI is InChI=1S/C19H18BrO2P/c1-14(18-9-5-6-10-19(18)20)22-23(2,21)17-12-11-15-7-3-4-8-16(15)13-17/h3-14H,1-2H3/t14-,23-/m0/s1. The van der Waals surface area contributed by atoms with Crippen molar-refractivity contribution in [2.45, 2.75) is 13.0 Å². The zero-order valence-corrected chi connectivity index (χ0v) is 15.6. The maximum absolute atomic E-state index is 13.1. The van der Waals surface area contributed by atoms with Crippen molar-refractivity contribution < 1.29 is 9.09 Å². The van der Waals surface area contributed by atoms with Crippen LogP contribution in [0.2, 0.25) is 0 Å². The van der Waals surface area contributed by atoms with E-state index in [1.807, 2.05) is 73.7 Å². The summed E-state index contributed by atoms with van der Waals surface area (Å²) in [6, 6.07) is 21.8. The third kappa shape index (κ3) is 3.58.